The van der Waals surface area contributed by atoms with Gasteiger partial charge in [0.05, 0.1) is 0 Å². The van der Waals surface area contributed by atoms with E-state index in [2.05, 4.69) is 0 Å². The molecule has 1 unspecified atom stereocenters. The van der Waals surface area contributed by atoms with Gasteiger partial charge in [0.1, 0.15) is 6.54 Å². The SMILES string of the molecule is FC(F)(F)CN1C=CC(c2ccccc2)C1. The molecule has 16 heavy (non-hydrogen) atoms. The lowest BCUT2D eigenvalue weighted by molar-refractivity contribution is -0.139. The second-order valence-corrected chi connectivity index (χ2v) is 3.90. The second-order valence-electron chi connectivity index (χ2n) is 3.90. The zero-order valence-corrected chi connectivity index (χ0v) is 8.61. The Hall–Kier alpha value is -1.45. The molecule has 0 amide bonds. The lowest BCUT2D eigenvalue weighted by atomic mass is 10.0. The van der Waals surface area contributed by atoms with E-state index in [0.717, 1.165) is 5.56 Å². The summed E-state index contributed by atoms with van der Waals surface area (Å²) in [5, 5.41) is 0. The van der Waals surface area contributed by atoms with Crippen molar-refractivity contribution in [3.63, 3.8) is 0 Å². The number of hydrogen-bond acceptors (Lipinski definition) is 1. The third kappa shape index (κ3) is 2.78. The van der Waals surface area contributed by atoms with Crippen molar-refractivity contribution in [3.05, 3.63) is 48.2 Å². The number of benzene rings is 1. The summed E-state index contributed by atoms with van der Waals surface area (Å²) in [5.41, 5.74) is 1.06. The van der Waals surface area contributed by atoms with Crippen LogP contribution in [0, 0.1) is 0 Å². The van der Waals surface area contributed by atoms with Crippen LogP contribution in [-0.2, 0) is 0 Å². The fourth-order valence-corrected chi connectivity index (χ4v) is 1.86. The number of alkyl halides is 3. The van der Waals surface area contributed by atoms with Crippen LogP contribution in [0.5, 0.6) is 0 Å². The Labute approximate surface area is 92.2 Å². The molecule has 1 atom stereocenters. The molecule has 86 valence electrons. The molecule has 1 nitrogen and oxygen atoms in total. The Morgan fingerprint density at radius 3 is 2.50 bits per heavy atom. The quantitative estimate of drug-likeness (QED) is 0.750. The van der Waals surface area contributed by atoms with E-state index in [1.165, 1.54) is 11.1 Å². The van der Waals surface area contributed by atoms with E-state index in [1.54, 1.807) is 0 Å². The number of hydrogen-bond donors (Lipinski definition) is 0. The molecule has 0 bridgehead atoms. The number of rotatable bonds is 2. The molecule has 4 heteroatoms. The molecule has 1 heterocycles. The lowest BCUT2D eigenvalue weighted by Gasteiger charge is -2.19. The van der Waals surface area contributed by atoms with Crippen LogP contribution in [0.2, 0.25) is 0 Å². The largest absolute Gasteiger partial charge is 0.405 e. The summed E-state index contributed by atoms with van der Waals surface area (Å²) in [6, 6.07) is 9.57. The smallest absolute Gasteiger partial charge is 0.368 e. The molecule has 1 aromatic rings. The second kappa shape index (κ2) is 4.20. The van der Waals surface area contributed by atoms with Crippen LogP contribution in [0.1, 0.15) is 11.5 Å². The van der Waals surface area contributed by atoms with Gasteiger partial charge in [-0.3, -0.25) is 0 Å². The summed E-state index contributed by atoms with van der Waals surface area (Å²) in [6.07, 6.45) is -0.776. The van der Waals surface area contributed by atoms with Crippen LogP contribution < -0.4 is 0 Å². The minimum Gasteiger partial charge on any atom is -0.368 e. The highest BCUT2D eigenvalue weighted by Crippen LogP contribution is 2.26. The van der Waals surface area contributed by atoms with Gasteiger partial charge in [-0.05, 0) is 11.8 Å². The van der Waals surface area contributed by atoms with Crippen molar-refractivity contribution in [3.8, 4) is 0 Å². The average molecular weight is 227 g/mol. The maximum atomic E-state index is 12.2. The summed E-state index contributed by atoms with van der Waals surface area (Å²) < 4.78 is 36.5. The van der Waals surface area contributed by atoms with Gasteiger partial charge in [0.2, 0.25) is 0 Å². The topological polar surface area (TPSA) is 3.24 Å². The van der Waals surface area contributed by atoms with E-state index in [1.807, 2.05) is 36.4 Å². The molecular formula is C12H12F3N. The molecule has 1 aliphatic rings. The first kappa shape index (κ1) is 11.0. The van der Waals surface area contributed by atoms with Crippen molar-refractivity contribution < 1.29 is 13.2 Å². The summed E-state index contributed by atoms with van der Waals surface area (Å²) in [7, 11) is 0. The fourth-order valence-electron chi connectivity index (χ4n) is 1.86. The molecule has 0 radical (unpaired) electrons. The zero-order valence-electron chi connectivity index (χ0n) is 8.61. The van der Waals surface area contributed by atoms with E-state index < -0.39 is 12.7 Å². The van der Waals surface area contributed by atoms with Crippen LogP contribution in [-0.4, -0.2) is 24.2 Å². The minimum absolute atomic E-state index is 0.0727. The van der Waals surface area contributed by atoms with E-state index in [0.29, 0.717) is 6.54 Å². The van der Waals surface area contributed by atoms with Crippen molar-refractivity contribution in [2.75, 3.05) is 13.1 Å². The van der Waals surface area contributed by atoms with Gasteiger partial charge in [-0.25, -0.2) is 0 Å². The highest BCUT2D eigenvalue weighted by atomic mass is 19.4. The molecule has 0 aromatic heterocycles. The molecule has 1 aromatic carbocycles. The standard InChI is InChI=1S/C12H12F3N/c13-12(14,15)9-16-7-6-11(8-16)10-4-2-1-3-5-10/h1-7,11H,8-9H2. The Kier molecular flexibility index (Phi) is 2.90. The first-order valence-electron chi connectivity index (χ1n) is 5.09. The molecule has 0 fully saturated rings. The Balaban J connectivity index is 1.98. The van der Waals surface area contributed by atoms with Crippen LogP contribution >= 0.6 is 0 Å². The Morgan fingerprint density at radius 2 is 1.88 bits per heavy atom. The van der Waals surface area contributed by atoms with E-state index in [9.17, 15) is 13.2 Å². The van der Waals surface area contributed by atoms with Gasteiger partial charge in [0.25, 0.3) is 0 Å². The Bertz CT molecular complexity index is 370. The van der Waals surface area contributed by atoms with Gasteiger partial charge in [0.15, 0.2) is 0 Å². The highest BCUT2D eigenvalue weighted by molar-refractivity contribution is 5.26. The molecule has 0 spiro atoms. The van der Waals surface area contributed by atoms with Crippen molar-refractivity contribution >= 4 is 0 Å². The first-order chi connectivity index (χ1) is 7.54. The first-order valence-corrected chi connectivity index (χ1v) is 5.09. The van der Waals surface area contributed by atoms with Crippen LogP contribution in [0.25, 0.3) is 0 Å². The van der Waals surface area contributed by atoms with Crippen molar-refractivity contribution in [1.82, 2.24) is 4.90 Å². The third-order valence-electron chi connectivity index (χ3n) is 2.57. The highest BCUT2D eigenvalue weighted by Gasteiger charge is 2.32. The van der Waals surface area contributed by atoms with Gasteiger partial charge in [-0.1, -0.05) is 36.4 Å². The van der Waals surface area contributed by atoms with Gasteiger partial charge in [-0.15, -0.1) is 0 Å². The molecule has 0 saturated carbocycles. The zero-order chi connectivity index (χ0) is 11.6. The molecule has 1 aliphatic heterocycles. The Morgan fingerprint density at radius 1 is 1.19 bits per heavy atom. The maximum absolute atomic E-state index is 12.2. The number of halogens is 3. The number of nitrogens with zero attached hydrogens (tertiary/aromatic N) is 1. The van der Waals surface area contributed by atoms with Gasteiger partial charge in [-0.2, -0.15) is 13.2 Å². The van der Waals surface area contributed by atoms with E-state index in [4.69, 9.17) is 0 Å². The van der Waals surface area contributed by atoms with Crippen LogP contribution in [0.15, 0.2) is 42.6 Å². The van der Waals surface area contributed by atoms with Crippen molar-refractivity contribution in [2.24, 2.45) is 0 Å². The molecule has 2 rings (SSSR count). The molecule has 0 saturated heterocycles. The summed E-state index contributed by atoms with van der Waals surface area (Å²) in [6.45, 7) is -0.462. The average Bonchev–Trinajstić information content (AvgIpc) is 2.65. The molecular weight excluding hydrogens is 215 g/mol. The summed E-state index contributed by atoms with van der Waals surface area (Å²) in [4.78, 5) is 1.30. The third-order valence-corrected chi connectivity index (χ3v) is 2.57. The monoisotopic (exact) mass is 227 g/mol. The van der Waals surface area contributed by atoms with Crippen molar-refractivity contribution in [1.29, 1.82) is 0 Å². The maximum Gasteiger partial charge on any atom is 0.405 e. The van der Waals surface area contributed by atoms with E-state index in [-0.39, 0.29) is 5.92 Å². The molecule has 0 N–H and O–H groups in total. The summed E-state index contributed by atoms with van der Waals surface area (Å²) in [5.74, 6) is 0.0727. The molecule has 0 aliphatic carbocycles. The fraction of sp³-hybridized carbons (Fsp3) is 0.333. The van der Waals surface area contributed by atoms with Gasteiger partial charge >= 0.3 is 6.18 Å². The predicted molar refractivity (Wildman–Crippen MR) is 56.0 cm³/mol. The van der Waals surface area contributed by atoms with Gasteiger partial charge < -0.3 is 4.90 Å². The van der Waals surface area contributed by atoms with Crippen LogP contribution in [0.3, 0.4) is 0 Å². The summed E-state index contributed by atoms with van der Waals surface area (Å²) >= 11 is 0. The lowest BCUT2D eigenvalue weighted by Crippen LogP contribution is -2.30. The van der Waals surface area contributed by atoms with Crippen molar-refractivity contribution in [2.45, 2.75) is 12.1 Å². The minimum atomic E-state index is -4.13. The van der Waals surface area contributed by atoms with Gasteiger partial charge in [0, 0.05) is 12.5 Å². The van der Waals surface area contributed by atoms with E-state index >= 15 is 0 Å². The predicted octanol–water partition coefficient (Wildman–Crippen LogP) is 3.16. The normalized spacial score (nSPS) is 20.4. The van der Waals surface area contributed by atoms with Crippen LogP contribution in [0.4, 0.5) is 13.2 Å².